The van der Waals surface area contributed by atoms with Crippen LogP contribution in [0, 0.1) is 35.7 Å². The molecule has 1 aromatic carbocycles. The molecule has 0 saturated carbocycles. The van der Waals surface area contributed by atoms with Crippen LogP contribution < -0.4 is 0 Å². The zero-order valence-corrected chi connectivity index (χ0v) is 16.2. The lowest BCUT2D eigenvalue weighted by Crippen LogP contribution is -2.48. The minimum atomic E-state index is -1.25. The lowest BCUT2D eigenvalue weighted by atomic mass is 9.62. The van der Waals surface area contributed by atoms with Gasteiger partial charge in [0.05, 0.1) is 17.1 Å². The Morgan fingerprint density at radius 3 is 2.50 bits per heavy atom. The maximum absolute atomic E-state index is 12.6. The first-order valence-corrected chi connectivity index (χ1v) is 9.03. The van der Waals surface area contributed by atoms with Crippen LogP contribution in [0.3, 0.4) is 0 Å². The fourth-order valence-electron chi connectivity index (χ4n) is 4.32. The SMILES string of the molecule is CC(=O)C1C(c2ccc(C)cc2)c2c(C)[nH]c(=S)c(C#N)c2CC1(C)O. The number of Topliss-reactive ketones (excluding diaryl/α,β-unsaturated/α-hetero) is 1. The number of benzene rings is 1. The maximum atomic E-state index is 12.6. The molecule has 3 atom stereocenters. The van der Waals surface area contributed by atoms with Gasteiger partial charge in [0.15, 0.2) is 0 Å². The fourth-order valence-corrected chi connectivity index (χ4v) is 4.64. The van der Waals surface area contributed by atoms with Crippen LogP contribution in [-0.2, 0) is 11.2 Å². The van der Waals surface area contributed by atoms with Crippen LogP contribution in [0.1, 0.15) is 53.3 Å². The van der Waals surface area contributed by atoms with Gasteiger partial charge in [0.1, 0.15) is 16.5 Å². The van der Waals surface area contributed by atoms with Gasteiger partial charge < -0.3 is 10.1 Å². The van der Waals surface area contributed by atoms with Gasteiger partial charge in [-0.3, -0.25) is 4.79 Å². The Morgan fingerprint density at radius 2 is 1.96 bits per heavy atom. The number of nitrogens with one attached hydrogen (secondary N) is 1. The first-order valence-electron chi connectivity index (χ1n) is 8.62. The fraction of sp³-hybridized carbons (Fsp3) is 0.381. The average Bonchev–Trinajstić information content (AvgIpc) is 2.53. The van der Waals surface area contributed by atoms with E-state index >= 15 is 0 Å². The largest absolute Gasteiger partial charge is 0.389 e. The highest BCUT2D eigenvalue weighted by atomic mass is 32.1. The molecule has 5 heteroatoms. The lowest BCUT2D eigenvalue weighted by molar-refractivity contribution is -0.130. The summed E-state index contributed by atoms with van der Waals surface area (Å²) >= 11 is 5.33. The van der Waals surface area contributed by atoms with E-state index in [1.807, 2.05) is 38.1 Å². The van der Waals surface area contributed by atoms with Crippen molar-refractivity contribution in [1.82, 2.24) is 4.98 Å². The van der Waals surface area contributed by atoms with Crippen molar-refractivity contribution in [2.75, 3.05) is 0 Å². The van der Waals surface area contributed by atoms with Crippen molar-refractivity contribution in [3.63, 3.8) is 0 Å². The Kier molecular flexibility index (Phi) is 4.60. The predicted molar refractivity (Wildman–Crippen MR) is 103 cm³/mol. The van der Waals surface area contributed by atoms with E-state index < -0.39 is 11.5 Å². The summed E-state index contributed by atoms with van der Waals surface area (Å²) in [5.41, 5.74) is 3.71. The molecule has 0 spiro atoms. The number of aromatic nitrogens is 1. The summed E-state index contributed by atoms with van der Waals surface area (Å²) < 4.78 is 0.378. The van der Waals surface area contributed by atoms with E-state index in [2.05, 4.69) is 11.1 Å². The smallest absolute Gasteiger partial charge is 0.136 e. The molecule has 1 aromatic heterocycles. The van der Waals surface area contributed by atoms with Crippen molar-refractivity contribution in [2.24, 2.45) is 5.92 Å². The molecule has 3 rings (SSSR count). The number of pyridine rings is 1. The highest BCUT2D eigenvalue weighted by molar-refractivity contribution is 7.71. The molecule has 0 aliphatic heterocycles. The molecule has 1 aliphatic rings. The number of rotatable bonds is 2. The first kappa shape index (κ1) is 18.5. The summed E-state index contributed by atoms with van der Waals surface area (Å²) in [4.78, 5) is 15.7. The second-order valence-electron chi connectivity index (χ2n) is 7.47. The van der Waals surface area contributed by atoms with Crippen LogP contribution in [0.25, 0.3) is 0 Å². The maximum Gasteiger partial charge on any atom is 0.136 e. The molecule has 0 fully saturated rings. The molecule has 3 unspecified atom stereocenters. The monoisotopic (exact) mass is 366 g/mol. The van der Waals surface area contributed by atoms with Gasteiger partial charge in [-0.25, -0.2) is 0 Å². The highest BCUT2D eigenvalue weighted by Crippen LogP contribution is 2.47. The number of nitrogens with zero attached hydrogens (tertiary/aromatic N) is 1. The third-order valence-electron chi connectivity index (χ3n) is 5.39. The molecule has 2 N–H and O–H groups in total. The third-order valence-corrected chi connectivity index (χ3v) is 5.70. The normalized spacial score (nSPS) is 24.6. The molecule has 26 heavy (non-hydrogen) atoms. The Bertz CT molecular complexity index is 981. The Hall–Kier alpha value is -2.29. The minimum Gasteiger partial charge on any atom is -0.389 e. The number of aryl methyl sites for hydroxylation is 2. The van der Waals surface area contributed by atoms with E-state index in [0.717, 1.165) is 27.9 Å². The van der Waals surface area contributed by atoms with Crippen LogP contribution in [0.15, 0.2) is 24.3 Å². The molecule has 2 aromatic rings. The standard InChI is InChI=1S/C21H22N2O2S/c1-11-5-7-14(8-6-11)18-17-12(2)23-20(26)16(10-22)15(17)9-21(4,25)19(18)13(3)24/h5-8,18-19,25H,9H2,1-4H3,(H,23,26). The number of carbonyl (C=O) groups is 1. The van der Waals surface area contributed by atoms with Crippen LogP contribution in [-0.4, -0.2) is 21.5 Å². The number of nitriles is 1. The van der Waals surface area contributed by atoms with Crippen LogP contribution >= 0.6 is 12.2 Å². The molecule has 0 radical (unpaired) electrons. The minimum absolute atomic E-state index is 0.0633. The molecular formula is C21H22N2O2S. The molecule has 134 valence electrons. The second-order valence-corrected chi connectivity index (χ2v) is 7.88. The summed E-state index contributed by atoms with van der Waals surface area (Å²) in [6.45, 7) is 7.12. The van der Waals surface area contributed by atoms with Gasteiger partial charge in [0.25, 0.3) is 0 Å². The van der Waals surface area contributed by atoms with E-state index in [9.17, 15) is 15.2 Å². The number of fused-ring (bicyclic) bond motifs is 1. The van der Waals surface area contributed by atoms with Crippen LogP contribution in [0.5, 0.6) is 0 Å². The quantitative estimate of drug-likeness (QED) is 0.791. The molecule has 0 bridgehead atoms. The summed E-state index contributed by atoms with van der Waals surface area (Å²) in [5, 5.41) is 20.8. The van der Waals surface area contributed by atoms with Gasteiger partial charge >= 0.3 is 0 Å². The number of hydrogen-bond acceptors (Lipinski definition) is 4. The van der Waals surface area contributed by atoms with E-state index in [1.165, 1.54) is 6.92 Å². The molecule has 0 saturated heterocycles. The van der Waals surface area contributed by atoms with Gasteiger partial charge in [0, 0.05) is 18.0 Å². The van der Waals surface area contributed by atoms with Crippen molar-refractivity contribution >= 4 is 18.0 Å². The summed E-state index contributed by atoms with van der Waals surface area (Å²) in [6.07, 6.45) is 0.233. The van der Waals surface area contributed by atoms with Gasteiger partial charge in [-0.1, -0.05) is 42.0 Å². The zero-order valence-electron chi connectivity index (χ0n) is 15.4. The second kappa shape index (κ2) is 6.46. The summed E-state index contributed by atoms with van der Waals surface area (Å²) in [6, 6.07) is 10.2. The van der Waals surface area contributed by atoms with Crippen LogP contribution in [0.2, 0.25) is 0 Å². The molecule has 1 heterocycles. The van der Waals surface area contributed by atoms with Crippen molar-refractivity contribution < 1.29 is 9.90 Å². The van der Waals surface area contributed by atoms with Crippen LogP contribution in [0.4, 0.5) is 0 Å². The number of carbonyl (C=O) groups excluding carboxylic acids is 1. The predicted octanol–water partition coefficient (Wildman–Crippen LogP) is 3.88. The van der Waals surface area contributed by atoms with Crippen molar-refractivity contribution in [1.29, 1.82) is 5.26 Å². The summed E-state index contributed by atoms with van der Waals surface area (Å²) in [7, 11) is 0. The van der Waals surface area contributed by atoms with Crippen molar-refractivity contribution in [2.45, 2.75) is 45.6 Å². The number of aliphatic hydroxyl groups is 1. The Labute approximate surface area is 158 Å². The topological polar surface area (TPSA) is 76.9 Å². The number of H-pyrrole nitrogens is 1. The third kappa shape index (κ3) is 2.90. The van der Waals surface area contributed by atoms with E-state index in [-0.39, 0.29) is 18.1 Å². The molecule has 1 aliphatic carbocycles. The van der Waals surface area contributed by atoms with Crippen molar-refractivity contribution in [3.8, 4) is 6.07 Å². The highest BCUT2D eigenvalue weighted by Gasteiger charge is 2.48. The Balaban J connectivity index is 2.39. The van der Waals surface area contributed by atoms with E-state index in [1.54, 1.807) is 6.92 Å². The number of ketones is 1. The molecule has 4 nitrogen and oxygen atoms in total. The number of hydrogen-bond donors (Lipinski definition) is 2. The first-order chi connectivity index (χ1) is 12.2. The van der Waals surface area contributed by atoms with Gasteiger partial charge in [-0.15, -0.1) is 0 Å². The zero-order chi connectivity index (χ0) is 19.2. The molecule has 0 amide bonds. The lowest BCUT2D eigenvalue weighted by Gasteiger charge is -2.43. The van der Waals surface area contributed by atoms with Gasteiger partial charge in [-0.2, -0.15) is 5.26 Å². The molecular weight excluding hydrogens is 344 g/mol. The summed E-state index contributed by atoms with van der Waals surface area (Å²) in [5.74, 6) is -0.982. The average molecular weight is 366 g/mol. The van der Waals surface area contributed by atoms with Gasteiger partial charge in [-0.05, 0) is 44.4 Å². The van der Waals surface area contributed by atoms with E-state index in [0.29, 0.717) is 10.2 Å². The van der Waals surface area contributed by atoms with Gasteiger partial charge in [0.2, 0.25) is 0 Å². The van der Waals surface area contributed by atoms with Crippen molar-refractivity contribution in [3.05, 3.63) is 62.4 Å². The Morgan fingerprint density at radius 1 is 1.35 bits per heavy atom. The number of aromatic amines is 1. The van der Waals surface area contributed by atoms with E-state index in [4.69, 9.17) is 12.2 Å².